The molecule has 1 N–H and O–H groups in total. The first-order chi connectivity index (χ1) is 6.24. The van der Waals surface area contributed by atoms with Gasteiger partial charge in [-0.2, -0.15) is 0 Å². The Balaban J connectivity index is 2.64. The molecule has 3 heteroatoms. The molecule has 0 amide bonds. The van der Waals surface area contributed by atoms with Crippen LogP contribution in [0.15, 0.2) is 6.07 Å². The summed E-state index contributed by atoms with van der Waals surface area (Å²) < 4.78 is 5.25. The van der Waals surface area contributed by atoms with Gasteiger partial charge in [0.05, 0.1) is 12.8 Å². The summed E-state index contributed by atoms with van der Waals surface area (Å²) in [6.45, 7) is 3.03. The molecule has 0 spiro atoms. The number of hydrogen-bond donors (Lipinski definition) is 1. The van der Waals surface area contributed by atoms with E-state index in [1.807, 2.05) is 13.0 Å². The second-order valence-corrected chi connectivity index (χ2v) is 3.62. The molecule has 0 atom stereocenters. The first-order valence-electron chi connectivity index (χ1n) is 4.34. The summed E-state index contributed by atoms with van der Waals surface area (Å²) >= 11 is 6.07. The van der Waals surface area contributed by atoms with Gasteiger partial charge in [-0.25, -0.2) is 0 Å². The molecule has 0 saturated heterocycles. The molecule has 0 aliphatic carbocycles. The first-order valence-corrected chi connectivity index (χ1v) is 4.71. The molecule has 0 aromatic heterocycles. The molecule has 70 valence electrons. The van der Waals surface area contributed by atoms with Crippen LogP contribution in [0.1, 0.15) is 11.1 Å². The smallest absolute Gasteiger partial charge is 0.143 e. The summed E-state index contributed by atoms with van der Waals surface area (Å²) in [5.41, 5.74) is 3.58. The molecule has 2 rings (SSSR count). The van der Waals surface area contributed by atoms with E-state index in [0.29, 0.717) is 0 Å². The van der Waals surface area contributed by atoms with Crippen LogP contribution in [0.3, 0.4) is 0 Å². The largest absolute Gasteiger partial charge is 0.495 e. The molecule has 1 aliphatic heterocycles. The van der Waals surface area contributed by atoms with Crippen LogP contribution in [0.4, 0.5) is 5.69 Å². The summed E-state index contributed by atoms with van der Waals surface area (Å²) in [6.07, 6.45) is 1.04. The van der Waals surface area contributed by atoms with Crippen molar-refractivity contribution in [1.82, 2.24) is 0 Å². The standard InChI is InChI=1S/C10H12ClNO/c1-6-7-3-4-12-10(7)9(13-2)5-8(6)11/h5,12H,3-4H2,1-2H3. The average Bonchev–Trinajstić information content (AvgIpc) is 2.60. The molecule has 1 aliphatic rings. The molecule has 1 aromatic carbocycles. The van der Waals surface area contributed by atoms with Gasteiger partial charge in [0, 0.05) is 17.6 Å². The van der Waals surface area contributed by atoms with Crippen LogP contribution in [-0.4, -0.2) is 13.7 Å². The van der Waals surface area contributed by atoms with Gasteiger partial charge in [0.15, 0.2) is 0 Å². The van der Waals surface area contributed by atoms with Crippen molar-refractivity contribution in [3.05, 3.63) is 22.2 Å². The number of hydrogen-bond acceptors (Lipinski definition) is 2. The van der Waals surface area contributed by atoms with E-state index in [1.165, 1.54) is 11.1 Å². The van der Waals surface area contributed by atoms with Crippen molar-refractivity contribution < 1.29 is 4.74 Å². The van der Waals surface area contributed by atoms with Crippen LogP contribution in [0.25, 0.3) is 0 Å². The maximum absolute atomic E-state index is 6.07. The maximum atomic E-state index is 6.07. The van der Waals surface area contributed by atoms with Crippen molar-refractivity contribution in [2.75, 3.05) is 19.0 Å². The number of ether oxygens (including phenoxy) is 1. The van der Waals surface area contributed by atoms with Gasteiger partial charge in [0.25, 0.3) is 0 Å². The first kappa shape index (κ1) is 8.70. The van der Waals surface area contributed by atoms with Crippen LogP contribution < -0.4 is 10.1 Å². The third-order valence-corrected chi connectivity index (χ3v) is 2.91. The number of halogens is 1. The Labute approximate surface area is 82.9 Å². The maximum Gasteiger partial charge on any atom is 0.143 e. The summed E-state index contributed by atoms with van der Waals surface area (Å²) in [5, 5.41) is 4.10. The summed E-state index contributed by atoms with van der Waals surface area (Å²) in [4.78, 5) is 0. The Bertz CT molecular complexity index is 349. The molecule has 1 heterocycles. The number of rotatable bonds is 1. The van der Waals surface area contributed by atoms with Gasteiger partial charge in [-0.05, 0) is 24.5 Å². The molecular formula is C10H12ClNO. The molecule has 0 unspecified atom stereocenters. The van der Waals surface area contributed by atoms with E-state index in [0.717, 1.165) is 29.4 Å². The van der Waals surface area contributed by atoms with Crippen LogP contribution in [0, 0.1) is 6.92 Å². The van der Waals surface area contributed by atoms with Crippen molar-refractivity contribution in [3.63, 3.8) is 0 Å². The molecule has 0 fully saturated rings. The van der Waals surface area contributed by atoms with E-state index in [1.54, 1.807) is 7.11 Å². The fraction of sp³-hybridized carbons (Fsp3) is 0.400. The van der Waals surface area contributed by atoms with Gasteiger partial charge >= 0.3 is 0 Å². The molecule has 13 heavy (non-hydrogen) atoms. The molecule has 1 aromatic rings. The van der Waals surface area contributed by atoms with E-state index in [-0.39, 0.29) is 0 Å². The van der Waals surface area contributed by atoms with E-state index < -0.39 is 0 Å². The minimum atomic E-state index is 0.791. The quantitative estimate of drug-likeness (QED) is 0.748. The third kappa shape index (κ3) is 1.25. The van der Waals surface area contributed by atoms with Crippen molar-refractivity contribution in [1.29, 1.82) is 0 Å². The van der Waals surface area contributed by atoms with Crippen LogP contribution in [-0.2, 0) is 6.42 Å². The Hall–Kier alpha value is -0.890. The summed E-state index contributed by atoms with van der Waals surface area (Å²) in [5.74, 6) is 0.850. The predicted octanol–water partition coefficient (Wildman–Crippen LogP) is 2.63. The second kappa shape index (κ2) is 3.11. The Kier molecular flexibility index (Phi) is 2.08. The molecule has 0 saturated carbocycles. The number of benzene rings is 1. The lowest BCUT2D eigenvalue weighted by atomic mass is 10.1. The molecule has 2 nitrogen and oxygen atoms in total. The highest BCUT2D eigenvalue weighted by molar-refractivity contribution is 6.31. The summed E-state index contributed by atoms with van der Waals surface area (Å²) in [7, 11) is 1.67. The van der Waals surface area contributed by atoms with Crippen LogP contribution in [0.5, 0.6) is 5.75 Å². The molecular weight excluding hydrogens is 186 g/mol. The van der Waals surface area contributed by atoms with E-state index in [4.69, 9.17) is 16.3 Å². The normalized spacial score (nSPS) is 13.8. The van der Waals surface area contributed by atoms with E-state index in [9.17, 15) is 0 Å². The lowest BCUT2D eigenvalue weighted by molar-refractivity contribution is 0.416. The fourth-order valence-corrected chi connectivity index (χ4v) is 1.97. The third-order valence-electron chi connectivity index (χ3n) is 2.51. The molecule has 0 radical (unpaired) electrons. The highest BCUT2D eigenvalue weighted by Gasteiger charge is 2.19. The minimum Gasteiger partial charge on any atom is -0.495 e. The zero-order chi connectivity index (χ0) is 9.42. The van der Waals surface area contributed by atoms with Gasteiger partial charge in [-0.1, -0.05) is 11.6 Å². The predicted molar refractivity (Wildman–Crippen MR) is 54.9 cm³/mol. The topological polar surface area (TPSA) is 21.3 Å². The van der Waals surface area contributed by atoms with Crippen molar-refractivity contribution in [3.8, 4) is 5.75 Å². The second-order valence-electron chi connectivity index (χ2n) is 3.22. The Morgan fingerprint density at radius 2 is 2.31 bits per heavy atom. The fourth-order valence-electron chi connectivity index (χ4n) is 1.76. The average molecular weight is 198 g/mol. The number of nitrogens with one attached hydrogen (secondary N) is 1. The zero-order valence-electron chi connectivity index (χ0n) is 7.78. The van der Waals surface area contributed by atoms with Crippen LogP contribution in [0.2, 0.25) is 5.02 Å². The van der Waals surface area contributed by atoms with Gasteiger partial charge < -0.3 is 10.1 Å². The highest BCUT2D eigenvalue weighted by Crippen LogP contribution is 2.38. The lowest BCUT2D eigenvalue weighted by Gasteiger charge is -2.10. The monoisotopic (exact) mass is 197 g/mol. The molecule has 0 bridgehead atoms. The van der Waals surface area contributed by atoms with E-state index >= 15 is 0 Å². The van der Waals surface area contributed by atoms with Crippen molar-refractivity contribution >= 4 is 17.3 Å². The summed E-state index contributed by atoms with van der Waals surface area (Å²) in [6, 6.07) is 1.87. The number of fused-ring (bicyclic) bond motifs is 1. The lowest BCUT2D eigenvalue weighted by Crippen LogP contribution is -1.94. The minimum absolute atomic E-state index is 0.791. The van der Waals surface area contributed by atoms with E-state index in [2.05, 4.69) is 5.32 Å². The van der Waals surface area contributed by atoms with Gasteiger partial charge in [0.2, 0.25) is 0 Å². The van der Waals surface area contributed by atoms with Crippen molar-refractivity contribution in [2.24, 2.45) is 0 Å². The highest BCUT2D eigenvalue weighted by atomic mass is 35.5. The van der Waals surface area contributed by atoms with Crippen molar-refractivity contribution in [2.45, 2.75) is 13.3 Å². The number of anilines is 1. The van der Waals surface area contributed by atoms with Gasteiger partial charge in [-0.3, -0.25) is 0 Å². The van der Waals surface area contributed by atoms with Gasteiger partial charge in [0.1, 0.15) is 5.75 Å². The zero-order valence-corrected chi connectivity index (χ0v) is 8.53. The van der Waals surface area contributed by atoms with Crippen LogP contribution >= 0.6 is 11.6 Å². The SMILES string of the molecule is COc1cc(Cl)c(C)c2c1NCC2. The van der Waals surface area contributed by atoms with Gasteiger partial charge in [-0.15, -0.1) is 0 Å². The Morgan fingerprint density at radius 1 is 1.54 bits per heavy atom. The Morgan fingerprint density at radius 3 is 3.00 bits per heavy atom. The number of methoxy groups -OCH3 is 1.